The topological polar surface area (TPSA) is 38.3 Å². The van der Waals surface area contributed by atoms with Gasteiger partial charge in [-0.05, 0) is 62.4 Å². The van der Waals surface area contributed by atoms with Crippen molar-refractivity contribution in [2.24, 2.45) is 0 Å². The molecule has 1 rings (SSSR count). The Balaban J connectivity index is 3.00. The second-order valence-corrected chi connectivity index (χ2v) is 4.84. The van der Waals surface area contributed by atoms with Crippen LogP contribution in [0.1, 0.15) is 38.2 Å². The molecule has 112 valence electrons. The predicted octanol–water partition coefficient (Wildman–Crippen LogP) is 3.45. The standard InChI is InChI=1S/C14H18F3NO2/c1-7-8(2)10(4)12(11(5)9(7)3)13(19)18-20-6-14(15,16)17/h6H2,1-5H3,(H,18,19). The third-order valence-corrected chi connectivity index (χ3v) is 3.63. The summed E-state index contributed by atoms with van der Waals surface area (Å²) in [4.78, 5) is 16.2. The van der Waals surface area contributed by atoms with E-state index in [1.54, 1.807) is 13.8 Å². The van der Waals surface area contributed by atoms with Crippen LogP contribution in [0.2, 0.25) is 0 Å². The van der Waals surface area contributed by atoms with E-state index >= 15 is 0 Å². The summed E-state index contributed by atoms with van der Waals surface area (Å²) < 4.78 is 35.9. The van der Waals surface area contributed by atoms with E-state index in [0.29, 0.717) is 5.56 Å². The van der Waals surface area contributed by atoms with Gasteiger partial charge in [0.2, 0.25) is 0 Å². The maximum absolute atomic E-state index is 12.0. The summed E-state index contributed by atoms with van der Waals surface area (Å²) in [5.41, 5.74) is 6.70. The SMILES string of the molecule is Cc1c(C)c(C)c(C(=O)NOCC(F)(F)F)c(C)c1C. The van der Waals surface area contributed by atoms with Crippen LogP contribution in [-0.4, -0.2) is 18.7 Å². The summed E-state index contributed by atoms with van der Waals surface area (Å²) >= 11 is 0. The molecule has 0 radical (unpaired) electrons. The second-order valence-electron chi connectivity index (χ2n) is 4.84. The first-order valence-corrected chi connectivity index (χ1v) is 6.12. The van der Waals surface area contributed by atoms with Crippen molar-refractivity contribution in [3.63, 3.8) is 0 Å². The molecule has 0 aliphatic rings. The molecule has 0 heterocycles. The molecule has 0 fully saturated rings. The Kier molecular flexibility index (Phi) is 4.81. The van der Waals surface area contributed by atoms with E-state index < -0.39 is 18.7 Å². The van der Waals surface area contributed by atoms with Crippen molar-refractivity contribution in [1.82, 2.24) is 5.48 Å². The fraction of sp³-hybridized carbons (Fsp3) is 0.500. The smallest absolute Gasteiger partial charge is 0.267 e. The zero-order valence-electron chi connectivity index (χ0n) is 12.2. The third-order valence-electron chi connectivity index (χ3n) is 3.63. The largest absolute Gasteiger partial charge is 0.414 e. The van der Waals surface area contributed by atoms with Gasteiger partial charge in [0.15, 0.2) is 6.61 Å². The summed E-state index contributed by atoms with van der Waals surface area (Å²) in [6.45, 7) is 7.74. The number of amides is 1. The van der Waals surface area contributed by atoms with Gasteiger partial charge in [-0.15, -0.1) is 0 Å². The van der Waals surface area contributed by atoms with E-state index in [1.165, 1.54) is 0 Å². The molecule has 0 aliphatic heterocycles. The Morgan fingerprint density at radius 3 is 1.75 bits per heavy atom. The zero-order chi connectivity index (χ0) is 15.7. The van der Waals surface area contributed by atoms with Gasteiger partial charge in [0.05, 0.1) is 0 Å². The van der Waals surface area contributed by atoms with Gasteiger partial charge in [-0.2, -0.15) is 13.2 Å². The predicted molar refractivity (Wildman–Crippen MR) is 69.6 cm³/mol. The van der Waals surface area contributed by atoms with Crippen LogP contribution in [0.25, 0.3) is 0 Å². The van der Waals surface area contributed by atoms with Gasteiger partial charge in [-0.3, -0.25) is 9.63 Å². The van der Waals surface area contributed by atoms with Crippen LogP contribution in [0.15, 0.2) is 0 Å². The molecule has 1 aromatic rings. The van der Waals surface area contributed by atoms with Crippen LogP contribution in [0, 0.1) is 34.6 Å². The first-order valence-electron chi connectivity index (χ1n) is 6.12. The molecule has 1 N–H and O–H groups in total. The number of nitrogens with one attached hydrogen (secondary N) is 1. The Morgan fingerprint density at radius 2 is 1.35 bits per heavy atom. The quantitative estimate of drug-likeness (QED) is 0.865. The molecular weight excluding hydrogens is 271 g/mol. The fourth-order valence-electron chi connectivity index (χ4n) is 2.08. The maximum atomic E-state index is 12.0. The van der Waals surface area contributed by atoms with E-state index in [2.05, 4.69) is 4.84 Å². The number of halogens is 3. The molecule has 0 saturated heterocycles. The van der Waals surface area contributed by atoms with Crippen LogP contribution in [-0.2, 0) is 4.84 Å². The van der Waals surface area contributed by atoms with Crippen LogP contribution in [0.4, 0.5) is 13.2 Å². The van der Waals surface area contributed by atoms with Crippen molar-refractivity contribution in [2.45, 2.75) is 40.8 Å². The van der Waals surface area contributed by atoms with Crippen molar-refractivity contribution in [3.05, 3.63) is 33.4 Å². The molecule has 0 atom stereocenters. The van der Waals surface area contributed by atoms with Gasteiger partial charge in [0, 0.05) is 5.56 Å². The van der Waals surface area contributed by atoms with Crippen LogP contribution in [0.3, 0.4) is 0 Å². The minimum absolute atomic E-state index is 0.368. The number of carbonyl (C=O) groups is 1. The number of hydrogen-bond acceptors (Lipinski definition) is 2. The normalized spacial score (nSPS) is 11.6. The highest BCUT2D eigenvalue weighted by atomic mass is 19.4. The van der Waals surface area contributed by atoms with E-state index in [-0.39, 0.29) is 0 Å². The monoisotopic (exact) mass is 289 g/mol. The van der Waals surface area contributed by atoms with Gasteiger partial charge in [-0.1, -0.05) is 0 Å². The lowest BCUT2D eigenvalue weighted by molar-refractivity contribution is -0.184. The Labute approximate surface area is 116 Å². The average Bonchev–Trinajstić information content (AvgIpc) is 2.32. The number of rotatable bonds is 3. The fourth-order valence-corrected chi connectivity index (χ4v) is 2.08. The lowest BCUT2D eigenvalue weighted by atomic mass is 9.89. The van der Waals surface area contributed by atoms with Gasteiger partial charge in [-0.25, -0.2) is 5.48 Å². The Morgan fingerprint density at radius 1 is 0.950 bits per heavy atom. The molecule has 0 spiro atoms. The van der Waals surface area contributed by atoms with Crippen molar-refractivity contribution >= 4 is 5.91 Å². The number of hydroxylamine groups is 1. The minimum atomic E-state index is -4.48. The average molecular weight is 289 g/mol. The maximum Gasteiger partial charge on any atom is 0.414 e. The van der Waals surface area contributed by atoms with Crippen LogP contribution >= 0.6 is 0 Å². The van der Waals surface area contributed by atoms with E-state index in [1.807, 2.05) is 26.3 Å². The lowest BCUT2D eigenvalue weighted by Gasteiger charge is -2.18. The summed E-state index contributed by atoms with van der Waals surface area (Å²) in [5, 5.41) is 0. The van der Waals surface area contributed by atoms with Crippen molar-refractivity contribution in [1.29, 1.82) is 0 Å². The summed E-state index contributed by atoms with van der Waals surface area (Å²) in [5.74, 6) is -0.657. The van der Waals surface area contributed by atoms with E-state index in [9.17, 15) is 18.0 Å². The van der Waals surface area contributed by atoms with Gasteiger partial charge in [0.1, 0.15) is 0 Å². The van der Waals surface area contributed by atoms with Crippen LogP contribution < -0.4 is 5.48 Å². The van der Waals surface area contributed by atoms with Crippen molar-refractivity contribution < 1.29 is 22.8 Å². The summed E-state index contributed by atoms with van der Waals surface area (Å²) in [7, 11) is 0. The van der Waals surface area contributed by atoms with Crippen molar-refractivity contribution in [2.75, 3.05) is 6.61 Å². The van der Waals surface area contributed by atoms with Crippen molar-refractivity contribution in [3.8, 4) is 0 Å². The molecule has 0 aliphatic carbocycles. The molecule has 0 aromatic heterocycles. The molecule has 0 unspecified atom stereocenters. The lowest BCUT2D eigenvalue weighted by Crippen LogP contribution is -2.30. The summed E-state index contributed by atoms with van der Waals surface area (Å²) in [6, 6.07) is 0. The molecule has 20 heavy (non-hydrogen) atoms. The van der Waals surface area contributed by atoms with Gasteiger partial charge in [0.25, 0.3) is 5.91 Å². The molecule has 1 aromatic carbocycles. The number of hydrogen-bond donors (Lipinski definition) is 1. The number of carbonyl (C=O) groups excluding carboxylic acids is 1. The highest BCUT2D eigenvalue weighted by molar-refractivity contribution is 5.97. The van der Waals surface area contributed by atoms with E-state index in [4.69, 9.17) is 0 Å². The molecule has 0 bridgehead atoms. The minimum Gasteiger partial charge on any atom is -0.267 e. The van der Waals surface area contributed by atoms with Gasteiger partial charge < -0.3 is 0 Å². The second kappa shape index (κ2) is 5.83. The summed E-state index contributed by atoms with van der Waals surface area (Å²) in [6.07, 6.45) is -4.48. The molecule has 3 nitrogen and oxygen atoms in total. The highest BCUT2D eigenvalue weighted by Crippen LogP contribution is 2.26. The third kappa shape index (κ3) is 3.50. The molecule has 6 heteroatoms. The molecule has 0 saturated carbocycles. The Hall–Kier alpha value is -1.56. The number of alkyl halides is 3. The number of benzene rings is 1. The first-order chi connectivity index (χ1) is 9.06. The first kappa shape index (κ1) is 16.5. The zero-order valence-corrected chi connectivity index (χ0v) is 12.2. The van der Waals surface area contributed by atoms with Crippen LogP contribution in [0.5, 0.6) is 0 Å². The van der Waals surface area contributed by atoms with Gasteiger partial charge >= 0.3 is 6.18 Å². The van der Waals surface area contributed by atoms with E-state index in [0.717, 1.165) is 27.8 Å². The Bertz CT molecular complexity index is 507. The highest BCUT2D eigenvalue weighted by Gasteiger charge is 2.28. The molecular formula is C14H18F3NO2. The molecule has 1 amide bonds.